The van der Waals surface area contributed by atoms with Crippen molar-refractivity contribution in [3.05, 3.63) is 35.4 Å². The minimum atomic E-state index is 0.395. The predicted molar refractivity (Wildman–Crippen MR) is 73.0 cm³/mol. The van der Waals surface area contributed by atoms with E-state index in [0.717, 1.165) is 6.54 Å². The van der Waals surface area contributed by atoms with Crippen molar-refractivity contribution in [2.45, 2.75) is 45.2 Å². The normalized spacial score (nSPS) is 23.6. The van der Waals surface area contributed by atoms with Gasteiger partial charge in [0.05, 0.1) is 0 Å². The Hall–Kier alpha value is -0.860. The first-order valence-corrected chi connectivity index (χ1v) is 6.75. The highest BCUT2D eigenvalue weighted by molar-refractivity contribution is 5.29. The van der Waals surface area contributed by atoms with E-state index < -0.39 is 0 Å². The number of nitrogens with two attached hydrogens (primary N) is 1. The highest BCUT2D eigenvalue weighted by Gasteiger charge is 2.26. The van der Waals surface area contributed by atoms with Gasteiger partial charge < -0.3 is 5.73 Å². The maximum Gasteiger partial charge on any atom is 0.0475 e. The van der Waals surface area contributed by atoms with Crippen LogP contribution in [0, 0.1) is 6.92 Å². The van der Waals surface area contributed by atoms with E-state index in [0.29, 0.717) is 12.1 Å². The fraction of sp³-hybridized carbons (Fsp3) is 0.600. The number of piperidine rings is 1. The lowest BCUT2D eigenvalue weighted by atomic mass is 9.95. The van der Waals surface area contributed by atoms with E-state index in [-0.39, 0.29) is 0 Å². The van der Waals surface area contributed by atoms with Gasteiger partial charge >= 0.3 is 0 Å². The molecular formula is C15H24N2. The number of benzene rings is 1. The van der Waals surface area contributed by atoms with Gasteiger partial charge in [-0.2, -0.15) is 0 Å². The molecule has 2 rings (SSSR count). The molecule has 0 saturated carbocycles. The van der Waals surface area contributed by atoms with Crippen LogP contribution in [0.2, 0.25) is 0 Å². The lowest BCUT2D eigenvalue weighted by Crippen LogP contribution is -2.43. The van der Waals surface area contributed by atoms with Gasteiger partial charge in [-0.3, -0.25) is 4.90 Å². The summed E-state index contributed by atoms with van der Waals surface area (Å²) in [6, 6.07) is 9.70. The maximum atomic E-state index is 6.03. The Bertz CT molecular complexity index is 362. The molecule has 0 aliphatic carbocycles. The smallest absolute Gasteiger partial charge is 0.0475 e. The average molecular weight is 232 g/mol. The number of rotatable bonds is 3. The van der Waals surface area contributed by atoms with Crippen molar-refractivity contribution in [1.82, 2.24) is 4.90 Å². The average Bonchev–Trinajstić information content (AvgIpc) is 2.34. The van der Waals surface area contributed by atoms with Crippen molar-refractivity contribution in [2.24, 2.45) is 5.73 Å². The molecule has 1 heterocycles. The van der Waals surface area contributed by atoms with Crippen LogP contribution in [0.1, 0.15) is 43.4 Å². The Morgan fingerprint density at radius 1 is 1.35 bits per heavy atom. The van der Waals surface area contributed by atoms with Crippen LogP contribution in [0.5, 0.6) is 0 Å². The zero-order valence-electron chi connectivity index (χ0n) is 11.0. The standard InChI is InChI=1S/C15H24N2/c1-12-7-3-4-9-14(12)15(11-16)17-10-6-5-8-13(17)2/h3-4,7,9,13,15H,5-6,8,10-11,16H2,1-2H3. The molecule has 2 N–H and O–H groups in total. The summed E-state index contributed by atoms with van der Waals surface area (Å²) >= 11 is 0. The summed E-state index contributed by atoms with van der Waals surface area (Å²) in [5.74, 6) is 0. The summed E-state index contributed by atoms with van der Waals surface area (Å²) in [7, 11) is 0. The van der Waals surface area contributed by atoms with E-state index in [1.165, 1.54) is 36.9 Å². The summed E-state index contributed by atoms with van der Waals surface area (Å²) < 4.78 is 0. The van der Waals surface area contributed by atoms with Crippen molar-refractivity contribution in [2.75, 3.05) is 13.1 Å². The van der Waals surface area contributed by atoms with Crippen LogP contribution < -0.4 is 5.73 Å². The molecule has 0 spiro atoms. The molecule has 1 aromatic rings. The first-order valence-electron chi connectivity index (χ1n) is 6.75. The molecule has 1 fully saturated rings. The zero-order valence-corrected chi connectivity index (χ0v) is 11.0. The molecule has 94 valence electrons. The SMILES string of the molecule is Cc1ccccc1C(CN)N1CCCCC1C. The third-order valence-electron chi connectivity index (χ3n) is 4.03. The molecule has 2 atom stereocenters. The highest BCUT2D eigenvalue weighted by Crippen LogP contribution is 2.29. The number of hydrogen-bond acceptors (Lipinski definition) is 2. The Morgan fingerprint density at radius 3 is 2.76 bits per heavy atom. The van der Waals surface area contributed by atoms with Crippen LogP contribution in [0.25, 0.3) is 0 Å². The molecule has 2 heteroatoms. The third-order valence-corrected chi connectivity index (χ3v) is 4.03. The van der Waals surface area contributed by atoms with Gasteiger partial charge in [0.15, 0.2) is 0 Å². The molecule has 17 heavy (non-hydrogen) atoms. The minimum Gasteiger partial charge on any atom is -0.329 e. The van der Waals surface area contributed by atoms with E-state index in [1.807, 2.05) is 0 Å². The van der Waals surface area contributed by atoms with Crippen molar-refractivity contribution in [3.63, 3.8) is 0 Å². The van der Waals surface area contributed by atoms with E-state index in [1.54, 1.807) is 0 Å². The molecule has 1 aromatic carbocycles. The van der Waals surface area contributed by atoms with Gasteiger partial charge in [-0.25, -0.2) is 0 Å². The van der Waals surface area contributed by atoms with Crippen LogP contribution in [-0.2, 0) is 0 Å². The van der Waals surface area contributed by atoms with Gasteiger partial charge in [0.1, 0.15) is 0 Å². The summed E-state index contributed by atoms with van der Waals surface area (Å²) in [6.07, 6.45) is 3.98. The number of nitrogens with zero attached hydrogens (tertiary/aromatic N) is 1. The van der Waals surface area contributed by atoms with Crippen LogP contribution in [0.4, 0.5) is 0 Å². The van der Waals surface area contributed by atoms with Gasteiger partial charge in [0.25, 0.3) is 0 Å². The van der Waals surface area contributed by atoms with Crippen molar-refractivity contribution in [1.29, 1.82) is 0 Å². The molecule has 0 amide bonds. The van der Waals surface area contributed by atoms with Crippen LogP contribution >= 0.6 is 0 Å². The quantitative estimate of drug-likeness (QED) is 0.868. The molecule has 2 nitrogen and oxygen atoms in total. The van der Waals surface area contributed by atoms with E-state index in [2.05, 4.69) is 43.0 Å². The highest BCUT2D eigenvalue weighted by atomic mass is 15.2. The Labute approximate surface area is 105 Å². The second-order valence-electron chi connectivity index (χ2n) is 5.19. The van der Waals surface area contributed by atoms with Gasteiger partial charge in [-0.15, -0.1) is 0 Å². The zero-order chi connectivity index (χ0) is 12.3. The van der Waals surface area contributed by atoms with Gasteiger partial charge in [0, 0.05) is 18.6 Å². The number of hydrogen-bond donors (Lipinski definition) is 1. The molecular weight excluding hydrogens is 208 g/mol. The lowest BCUT2D eigenvalue weighted by molar-refractivity contribution is 0.108. The van der Waals surface area contributed by atoms with E-state index in [4.69, 9.17) is 5.73 Å². The summed E-state index contributed by atoms with van der Waals surface area (Å²) in [6.45, 7) is 6.43. The molecule has 1 aliphatic rings. The molecule has 0 aromatic heterocycles. The second-order valence-corrected chi connectivity index (χ2v) is 5.19. The molecule has 2 unspecified atom stereocenters. The Morgan fingerprint density at radius 2 is 2.12 bits per heavy atom. The summed E-state index contributed by atoms with van der Waals surface area (Å²) in [4.78, 5) is 2.59. The fourth-order valence-corrected chi connectivity index (χ4v) is 2.99. The van der Waals surface area contributed by atoms with Crippen LogP contribution in [-0.4, -0.2) is 24.0 Å². The third kappa shape index (κ3) is 2.70. The number of aryl methyl sites for hydroxylation is 1. The Balaban J connectivity index is 2.23. The first-order chi connectivity index (χ1) is 8.24. The first kappa shape index (κ1) is 12.6. The van der Waals surface area contributed by atoms with Crippen molar-refractivity contribution in [3.8, 4) is 0 Å². The minimum absolute atomic E-state index is 0.395. The van der Waals surface area contributed by atoms with E-state index in [9.17, 15) is 0 Å². The fourth-order valence-electron chi connectivity index (χ4n) is 2.99. The van der Waals surface area contributed by atoms with Gasteiger partial charge in [-0.05, 0) is 44.4 Å². The van der Waals surface area contributed by atoms with E-state index >= 15 is 0 Å². The van der Waals surface area contributed by atoms with Gasteiger partial charge in [-0.1, -0.05) is 30.7 Å². The monoisotopic (exact) mass is 232 g/mol. The largest absolute Gasteiger partial charge is 0.329 e. The van der Waals surface area contributed by atoms with Gasteiger partial charge in [0.2, 0.25) is 0 Å². The second kappa shape index (κ2) is 5.65. The topological polar surface area (TPSA) is 29.3 Å². The molecule has 1 aliphatic heterocycles. The van der Waals surface area contributed by atoms with Crippen LogP contribution in [0.3, 0.4) is 0 Å². The predicted octanol–water partition coefficient (Wildman–Crippen LogP) is 2.87. The number of likely N-dealkylation sites (tertiary alicyclic amines) is 1. The molecule has 1 saturated heterocycles. The maximum absolute atomic E-state index is 6.03. The van der Waals surface area contributed by atoms with Crippen LogP contribution in [0.15, 0.2) is 24.3 Å². The molecule has 0 bridgehead atoms. The Kier molecular flexibility index (Phi) is 4.19. The van der Waals surface area contributed by atoms with Crippen molar-refractivity contribution < 1.29 is 0 Å². The van der Waals surface area contributed by atoms with Crippen molar-refractivity contribution >= 4 is 0 Å². The summed E-state index contributed by atoms with van der Waals surface area (Å²) in [5.41, 5.74) is 8.79. The summed E-state index contributed by atoms with van der Waals surface area (Å²) in [5, 5.41) is 0. The molecule has 0 radical (unpaired) electrons. The lowest BCUT2D eigenvalue weighted by Gasteiger charge is -2.40.